The third-order valence-electron chi connectivity index (χ3n) is 4.51. The van der Waals surface area contributed by atoms with Crippen molar-refractivity contribution in [1.29, 1.82) is 5.26 Å². The summed E-state index contributed by atoms with van der Waals surface area (Å²) in [6.07, 6.45) is 4.33. The Kier molecular flexibility index (Phi) is 4.45. The molecule has 5 heteroatoms. The molecule has 2 heterocycles. The lowest BCUT2D eigenvalue weighted by atomic mass is 10.1. The van der Waals surface area contributed by atoms with E-state index in [0.29, 0.717) is 18.2 Å². The van der Waals surface area contributed by atoms with Crippen molar-refractivity contribution in [1.82, 2.24) is 4.57 Å². The summed E-state index contributed by atoms with van der Waals surface area (Å²) in [5.74, 6) is 0.0193. The molecule has 3 rings (SSSR count). The monoisotopic (exact) mass is 309 g/mol. The number of anilines is 1. The van der Waals surface area contributed by atoms with Gasteiger partial charge in [0.2, 0.25) is 0 Å². The molecule has 1 unspecified atom stereocenters. The SMILES string of the molecule is Cn1cccc1[C@H]1CCC[NH+]1CC(=O)Nc1ccc(C#N)cc1. The first kappa shape index (κ1) is 15.3. The predicted molar refractivity (Wildman–Crippen MR) is 87.9 cm³/mol. The molecule has 5 nitrogen and oxygen atoms in total. The zero-order chi connectivity index (χ0) is 16.2. The zero-order valence-corrected chi connectivity index (χ0v) is 13.2. The normalized spacial score (nSPS) is 20.2. The van der Waals surface area contributed by atoms with E-state index in [1.54, 1.807) is 24.3 Å². The second kappa shape index (κ2) is 6.67. The summed E-state index contributed by atoms with van der Waals surface area (Å²) in [6, 6.07) is 13.6. The zero-order valence-electron chi connectivity index (χ0n) is 13.2. The molecule has 2 N–H and O–H groups in total. The smallest absolute Gasteiger partial charge is 0.279 e. The van der Waals surface area contributed by atoms with Gasteiger partial charge in [0, 0.05) is 31.8 Å². The number of nitriles is 1. The van der Waals surface area contributed by atoms with Gasteiger partial charge in [-0.25, -0.2) is 0 Å². The Balaban J connectivity index is 1.62. The maximum atomic E-state index is 12.3. The summed E-state index contributed by atoms with van der Waals surface area (Å²) in [7, 11) is 2.06. The van der Waals surface area contributed by atoms with Crippen LogP contribution in [-0.2, 0) is 11.8 Å². The molecule has 1 fully saturated rings. The molecule has 2 atom stereocenters. The quantitative estimate of drug-likeness (QED) is 0.893. The largest absolute Gasteiger partial charge is 0.350 e. The van der Waals surface area contributed by atoms with Crippen molar-refractivity contribution >= 4 is 11.6 Å². The van der Waals surface area contributed by atoms with Crippen molar-refractivity contribution in [2.45, 2.75) is 18.9 Å². The van der Waals surface area contributed by atoms with Crippen LogP contribution in [0, 0.1) is 11.3 Å². The van der Waals surface area contributed by atoms with Gasteiger partial charge in [-0.2, -0.15) is 5.26 Å². The number of aryl methyl sites for hydroxylation is 1. The molecule has 1 amide bonds. The van der Waals surface area contributed by atoms with Crippen LogP contribution in [-0.4, -0.2) is 23.6 Å². The molecule has 1 saturated heterocycles. The number of amides is 1. The van der Waals surface area contributed by atoms with E-state index < -0.39 is 0 Å². The third-order valence-corrected chi connectivity index (χ3v) is 4.51. The van der Waals surface area contributed by atoms with Crippen LogP contribution in [0.3, 0.4) is 0 Å². The van der Waals surface area contributed by atoms with E-state index in [9.17, 15) is 4.79 Å². The first-order valence-electron chi connectivity index (χ1n) is 7.93. The minimum atomic E-state index is 0.0193. The number of carbonyl (C=O) groups is 1. The van der Waals surface area contributed by atoms with Gasteiger partial charge in [0.05, 0.1) is 23.9 Å². The number of hydrogen-bond donors (Lipinski definition) is 2. The van der Waals surface area contributed by atoms with Crippen LogP contribution in [0.1, 0.15) is 30.1 Å². The number of rotatable bonds is 4. The van der Waals surface area contributed by atoms with E-state index in [2.05, 4.69) is 41.3 Å². The molecule has 2 aromatic rings. The van der Waals surface area contributed by atoms with E-state index in [0.717, 1.165) is 25.1 Å². The van der Waals surface area contributed by atoms with Crippen molar-refractivity contribution in [3.63, 3.8) is 0 Å². The van der Waals surface area contributed by atoms with Gasteiger partial charge in [-0.15, -0.1) is 0 Å². The topological polar surface area (TPSA) is 62.3 Å². The second-order valence-electron chi connectivity index (χ2n) is 6.06. The van der Waals surface area contributed by atoms with Crippen molar-refractivity contribution in [3.05, 3.63) is 53.9 Å². The molecule has 0 radical (unpaired) electrons. The highest BCUT2D eigenvalue weighted by Gasteiger charge is 2.32. The van der Waals surface area contributed by atoms with Crippen molar-refractivity contribution in [2.24, 2.45) is 7.05 Å². The van der Waals surface area contributed by atoms with Crippen molar-refractivity contribution in [2.75, 3.05) is 18.4 Å². The van der Waals surface area contributed by atoms with Gasteiger partial charge >= 0.3 is 0 Å². The molecule has 0 bridgehead atoms. The molecule has 0 spiro atoms. The van der Waals surface area contributed by atoms with Gasteiger partial charge in [-0.3, -0.25) is 4.79 Å². The van der Waals surface area contributed by atoms with Crippen molar-refractivity contribution < 1.29 is 9.69 Å². The lowest BCUT2D eigenvalue weighted by Gasteiger charge is -2.21. The van der Waals surface area contributed by atoms with Gasteiger partial charge in [-0.1, -0.05) is 0 Å². The summed E-state index contributed by atoms with van der Waals surface area (Å²) >= 11 is 0. The minimum absolute atomic E-state index is 0.0193. The number of likely N-dealkylation sites (tertiary alicyclic amines) is 1. The van der Waals surface area contributed by atoms with E-state index in [-0.39, 0.29) is 5.91 Å². The number of nitrogens with one attached hydrogen (secondary N) is 2. The molecule has 1 aliphatic rings. The average Bonchev–Trinajstić information content (AvgIpc) is 3.16. The first-order valence-corrected chi connectivity index (χ1v) is 7.93. The maximum absolute atomic E-state index is 12.3. The Morgan fingerprint density at radius 3 is 2.83 bits per heavy atom. The van der Waals surface area contributed by atoms with Gasteiger partial charge in [0.1, 0.15) is 6.04 Å². The summed E-state index contributed by atoms with van der Waals surface area (Å²) in [4.78, 5) is 13.6. The van der Waals surface area contributed by atoms with Crippen LogP contribution in [0.25, 0.3) is 0 Å². The third kappa shape index (κ3) is 3.43. The summed E-state index contributed by atoms with van der Waals surface area (Å²) < 4.78 is 2.15. The van der Waals surface area contributed by atoms with Gasteiger partial charge < -0.3 is 14.8 Å². The standard InChI is InChI=1S/C18H20N4O/c1-21-10-2-4-16(21)17-5-3-11-22(17)13-18(23)20-15-8-6-14(12-19)7-9-15/h2,4,6-10,17H,3,5,11,13H2,1H3,(H,20,23)/p+1/t17-/m1/s1. The van der Waals surface area contributed by atoms with E-state index in [1.165, 1.54) is 10.6 Å². The van der Waals surface area contributed by atoms with Crippen LogP contribution < -0.4 is 10.2 Å². The molecule has 23 heavy (non-hydrogen) atoms. The number of nitrogens with zero attached hydrogens (tertiary/aromatic N) is 2. The van der Waals surface area contributed by atoms with Gasteiger partial charge in [0.15, 0.2) is 6.54 Å². The Hall–Kier alpha value is -2.58. The molecule has 1 aromatic heterocycles. The van der Waals surface area contributed by atoms with Gasteiger partial charge in [0.25, 0.3) is 5.91 Å². The fourth-order valence-electron chi connectivity index (χ4n) is 3.36. The Labute approximate surface area is 136 Å². The highest BCUT2D eigenvalue weighted by Crippen LogP contribution is 2.19. The Bertz CT molecular complexity index is 726. The molecular weight excluding hydrogens is 288 g/mol. The van der Waals surface area contributed by atoms with Crippen LogP contribution >= 0.6 is 0 Å². The fourth-order valence-corrected chi connectivity index (χ4v) is 3.36. The molecule has 118 valence electrons. The molecule has 0 saturated carbocycles. The lowest BCUT2D eigenvalue weighted by Crippen LogP contribution is -3.11. The number of carbonyl (C=O) groups excluding carboxylic acids is 1. The number of benzene rings is 1. The Morgan fingerprint density at radius 2 is 2.17 bits per heavy atom. The van der Waals surface area contributed by atoms with Crippen molar-refractivity contribution in [3.8, 4) is 6.07 Å². The fraction of sp³-hybridized carbons (Fsp3) is 0.333. The highest BCUT2D eigenvalue weighted by molar-refractivity contribution is 5.91. The minimum Gasteiger partial charge on any atom is -0.350 e. The van der Waals surface area contributed by atoms with E-state index in [1.807, 2.05) is 0 Å². The van der Waals surface area contributed by atoms with Crippen LogP contribution in [0.4, 0.5) is 5.69 Å². The van der Waals surface area contributed by atoms with E-state index in [4.69, 9.17) is 5.26 Å². The molecule has 0 aliphatic carbocycles. The molecule has 1 aliphatic heterocycles. The van der Waals surface area contributed by atoms with Gasteiger partial charge in [-0.05, 0) is 36.4 Å². The number of hydrogen-bond acceptors (Lipinski definition) is 2. The second-order valence-corrected chi connectivity index (χ2v) is 6.06. The van der Waals surface area contributed by atoms with Crippen LogP contribution in [0.2, 0.25) is 0 Å². The predicted octanol–water partition coefficient (Wildman–Crippen LogP) is 1.26. The summed E-state index contributed by atoms with van der Waals surface area (Å²) in [5.41, 5.74) is 2.63. The average molecular weight is 309 g/mol. The Morgan fingerprint density at radius 1 is 1.39 bits per heavy atom. The number of quaternary nitrogens is 1. The lowest BCUT2D eigenvalue weighted by molar-refractivity contribution is -0.910. The van der Waals surface area contributed by atoms with E-state index >= 15 is 0 Å². The molecular formula is C18H21N4O+. The summed E-state index contributed by atoms with van der Waals surface area (Å²) in [5, 5.41) is 11.7. The molecule has 1 aromatic carbocycles. The number of aromatic nitrogens is 1. The van der Waals surface area contributed by atoms with Crippen LogP contribution in [0.5, 0.6) is 0 Å². The highest BCUT2D eigenvalue weighted by atomic mass is 16.2. The maximum Gasteiger partial charge on any atom is 0.279 e. The first-order chi connectivity index (χ1) is 11.2. The summed E-state index contributed by atoms with van der Waals surface area (Å²) in [6.45, 7) is 1.49. The van der Waals surface area contributed by atoms with Crippen LogP contribution in [0.15, 0.2) is 42.6 Å².